The largest absolute Gasteiger partial charge is 0.0654 e. The van der Waals surface area contributed by atoms with Crippen LogP contribution >= 0.6 is 0 Å². The molecule has 0 heterocycles. The third-order valence-corrected chi connectivity index (χ3v) is 10.9. The highest BCUT2D eigenvalue weighted by atomic mass is 14.0. The van der Waals surface area contributed by atoms with Crippen molar-refractivity contribution in [2.75, 3.05) is 0 Å². The van der Waals surface area contributed by atoms with Crippen LogP contribution in [-0.2, 0) is 6.42 Å². The fourth-order valence-electron chi connectivity index (χ4n) is 6.32. The molecule has 0 N–H and O–H groups in total. The summed E-state index contributed by atoms with van der Waals surface area (Å²) >= 11 is 0. The van der Waals surface area contributed by atoms with E-state index >= 15 is 0 Å². The van der Waals surface area contributed by atoms with E-state index in [1.807, 2.05) is 164 Å². The molecule has 10 rings (SSSR count). The number of hydrogen-bond donors (Lipinski definition) is 0. The van der Waals surface area contributed by atoms with Gasteiger partial charge in [0.15, 0.2) is 0 Å². The van der Waals surface area contributed by atoms with Gasteiger partial charge < -0.3 is 0 Å². The van der Waals surface area contributed by atoms with Crippen LogP contribution in [0.2, 0.25) is 0 Å². The molecule has 76 heavy (non-hydrogen) atoms. The van der Waals surface area contributed by atoms with Crippen molar-refractivity contribution in [2.24, 2.45) is 0 Å². The monoisotopic (exact) mass is 1000 g/mol. The highest BCUT2D eigenvalue weighted by Crippen LogP contribution is 2.09. The van der Waals surface area contributed by atoms with Crippen molar-refractivity contribution in [3.8, 4) is 0 Å². The minimum absolute atomic E-state index is 1.25. The Bertz CT molecular complexity index is 2150. The van der Waals surface area contributed by atoms with E-state index in [4.69, 9.17) is 0 Å². The van der Waals surface area contributed by atoms with Crippen LogP contribution in [0, 0.1) is 69.2 Å². The van der Waals surface area contributed by atoms with E-state index in [9.17, 15) is 0 Å². The van der Waals surface area contributed by atoms with Crippen LogP contribution in [0.3, 0.4) is 0 Å². The topological polar surface area (TPSA) is 0 Å². The third kappa shape index (κ3) is 43.8. The SMILES string of the molecule is CCCCCCc1ccc(C)cc1.Cc1ccccc1.Cc1ccccc1.Cc1ccccc1.Cc1ccccc1.Cc1ccccc1.Cc1ccccc1.Cc1ccccc1.Cc1ccccc1.Cc1ccccc1. The second kappa shape index (κ2) is 46.9. The van der Waals surface area contributed by atoms with Gasteiger partial charge >= 0.3 is 0 Å². The van der Waals surface area contributed by atoms with Gasteiger partial charge in [-0.3, -0.25) is 0 Å². The molecule has 0 amide bonds. The number of hydrogen-bond acceptors (Lipinski definition) is 0. The van der Waals surface area contributed by atoms with Crippen molar-refractivity contribution in [3.63, 3.8) is 0 Å². The van der Waals surface area contributed by atoms with Gasteiger partial charge in [0.1, 0.15) is 0 Å². The van der Waals surface area contributed by atoms with Crippen molar-refractivity contribution in [3.05, 3.63) is 358 Å². The Morgan fingerprint density at radius 2 is 0.329 bits per heavy atom. The van der Waals surface area contributed by atoms with Gasteiger partial charge in [0, 0.05) is 0 Å². The van der Waals surface area contributed by atoms with Gasteiger partial charge in [0.2, 0.25) is 0 Å². The summed E-state index contributed by atoms with van der Waals surface area (Å²) in [5.41, 5.74) is 14.7. The second-order valence-electron chi connectivity index (χ2n) is 18.7. The molecule has 10 aromatic carbocycles. The highest BCUT2D eigenvalue weighted by Gasteiger charge is 1.92. The van der Waals surface area contributed by atoms with Gasteiger partial charge in [-0.15, -0.1) is 0 Å². The number of benzene rings is 10. The fraction of sp³-hybridized carbons (Fsp3) is 0.211. The summed E-state index contributed by atoms with van der Waals surface area (Å²) in [6.07, 6.45) is 6.68. The molecule has 10 aromatic rings. The molecule has 0 atom stereocenters. The molecule has 0 aliphatic carbocycles. The molecular weight excluding hydrogens is 913 g/mol. The van der Waals surface area contributed by atoms with E-state index in [2.05, 4.69) is 210 Å². The van der Waals surface area contributed by atoms with Crippen LogP contribution in [0.15, 0.2) is 297 Å². The van der Waals surface area contributed by atoms with Crippen molar-refractivity contribution >= 4 is 0 Å². The summed E-state index contributed by atoms with van der Waals surface area (Å²) in [4.78, 5) is 0. The maximum Gasteiger partial charge on any atom is -0.0279 e. The minimum Gasteiger partial charge on any atom is -0.0654 e. The zero-order valence-corrected chi connectivity index (χ0v) is 48.3. The Kier molecular flexibility index (Phi) is 40.9. The van der Waals surface area contributed by atoms with Crippen molar-refractivity contribution < 1.29 is 0 Å². The lowest BCUT2D eigenvalue weighted by Crippen LogP contribution is -1.85. The lowest BCUT2D eigenvalue weighted by molar-refractivity contribution is 0.667. The summed E-state index contributed by atoms with van der Waals surface area (Å²) in [5, 5.41) is 0. The predicted molar refractivity (Wildman–Crippen MR) is 340 cm³/mol. The first-order chi connectivity index (χ1) is 36.9. The first-order valence-electron chi connectivity index (χ1n) is 27.1. The van der Waals surface area contributed by atoms with E-state index in [-0.39, 0.29) is 0 Å². The normalized spacial score (nSPS) is 8.99. The van der Waals surface area contributed by atoms with E-state index in [1.54, 1.807) is 0 Å². The molecule has 0 nitrogen and oxygen atoms in total. The predicted octanol–water partition coefficient (Wildman–Crippen LogP) is 22.1. The Balaban J connectivity index is 0.000000425. The van der Waals surface area contributed by atoms with Crippen LogP contribution in [0.5, 0.6) is 0 Å². The number of unbranched alkanes of at least 4 members (excludes halogenated alkanes) is 3. The molecule has 0 aromatic heterocycles. The van der Waals surface area contributed by atoms with E-state index in [0.29, 0.717) is 0 Å². The van der Waals surface area contributed by atoms with Crippen LogP contribution < -0.4 is 0 Å². The minimum atomic E-state index is 1.25. The molecule has 0 aliphatic heterocycles. The maximum absolute atomic E-state index is 2.26. The lowest BCUT2D eigenvalue weighted by atomic mass is 10.1. The van der Waals surface area contributed by atoms with E-state index in [0.717, 1.165) is 0 Å². The van der Waals surface area contributed by atoms with Gasteiger partial charge in [-0.05, 0) is 87.6 Å². The van der Waals surface area contributed by atoms with Gasteiger partial charge in [0.05, 0.1) is 0 Å². The zero-order valence-electron chi connectivity index (χ0n) is 48.3. The van der Waals surface area contributed by atoms with Crippen molar-refractivity contribution in [1.29, 1.82) is 0 Å². The molecule has 0 aliphatic rings. The van der Waals surface area contributed by atoms with Crippen LogP contribution in [0.25, 0.3) is 0 Å². The molecule has 0 radical (unpaired) electrons. The molecule has 0 heteroatoms. The number of rotatable bonds is 5. The molecule has 0 fully saturated rings. The van der Waals surface area contributed by atoms with Crippen LogP contribution in [0.1, 0.15) is 93.8 Å². The average Bonchev–Trinajstić information content (AvgIpc) is 3.44. The quantitative estimate of drug-likeness (QED) is 0.151. The third-order valence-electron chi connectivity index (χ3n) is 10.9. The summed E-state index contributed by atoms with van der Waals surface area (Å²) in [6, 6.07) is 101. The van der Waals surface area contributed by atoms with Gasteiger partial charge in [-0.25, -0.2) is 0 Å². The zero-order chi connectivity index (χ0) is 55.5. The Morgan fingerprint density at radius 1 is 0.171 bits per heavy atom. The Labute approximate surface area is 464 Å². The molecule has 0 unspecified atom stereocenters. The summed E-state index contributed by atoms with van der Waals surface area (Å²) in [6.45, 7) is 23.1. The van der Waals surface area contributed by atoms with Crippen LogP contribution in [0.4, 0.5) is 0 Å². The van der Waals surface area contributed by atoms with Gasteiger partial charge in [-0.1, -0.05) is 379 Å². The molecule has 0 saturated carbocycles. The fourth-order valence-corrected chi connectivity index (χ4v) is 6.32. The lowest BCUT2D eigenvalue weighted by Gasteiger charge is -2.01. The van der Waals surface area contributed by atoms with Crippen molar-refractivity contribution in [1.82, 2.24) is 0 Å². The summed E-state index contributed by atoms with van der Waals surface area (Å²) in [7, 11) is 0. The van der Waals surface area contributed by atoms with E-state index < -0.39 is 0 Å². The number of aryl methyl sites for hydroxylation is 11. The van der Waals surface area contributed by atoms with Crippen LogP contribution in [-0.4, -0.2) is 0 Å². The molecule has 0 saturated heterocycles. The van der Waals surface area contributed by atoms with Gasteiger partial charge in [-0.2, -0.15) is 0 Å². The summed E-state index contributed by atoms with van der Waals surface area (Å²) < 4.78 is 0. The average molecular weight is 1010 g/mol. The smallest absolute Gasteiger partial charge is 0.0279 e. The van der Waals surface area contributed by atoms with E-state index in [1.165, 1.54) is 93.3 Å². The molecule has 0 bridgehead atoms. The second-order valence-corrected chi connectivity index (χ2v) is 18.7. The first kappa shape index (κ1) is 66.2. The highest BCUT2D eigenvalue weighted by molar-refractivity contribution is 5.22. The molecule has 0 spiro atoms. The standard InChI is InChI=1S/C13H20.9C7H8/c1-3-4-5-6-7-13-10-8-12(2)9-11-13;9*1-7-5-3-2-4-6-7/h8-11H,3-7H2,1-2H3;9*2-6H,1H3. The first-order valence-corrected chi connectivity index (χ1v) is 27.1. The Hall–Kier alpha value is -7.80. The maximum atomic E-state index is 2.26. The Morgan fingerprint density at radius 3 is 0.461 bits per heavy atom. The summed E-state index contributed by atoms with van der Waals surface area (Å²) in [5.74, 6) is 0. The molecule has 396 valence electrons. The van der Waals surface area contributed by atoms with Gasteiger partial charge in [0.25, 0.3) is 0 Å². The molecular formula is C76H92. The van der Waals surface area contributed by atoms with Crippen molar-refractivity contribution in [2.45, 2.75) is 108 Å².